The molecule has 2 heterocycles. The molecular weight excluding hydrogens is 474 g/mol. The molecule has 1 saturated carbocycles. The topological polar surface area (TPSA) is 155 Å². The van der Waals surface area contributed by atoms with Crippen molar-refractivity contribution in [1.82, 2.24) is 15.6 Å². The number of fused-ring (bicyclic) bond motifs is 2. The van der Waals surface area contributed by atoms with Crippen molar-refractivity contribution in [3.8, 4) is 5.75 Å². The fourth-order valence-corrected chi connectivity index (χ4v) is 4.85. The van der Waals surface area contributed by atoms with Gasteiger partial charge in [0.2, 0.25) is 17.7 Å². The molecule has 0 saturated heterocycles. The van der Waals surface area contributed by atoms with Gasteiger partial charge in [0.25, 0.3) is 5.91 Å². The molecule has 1 aliphatic carbocycles. The lowest BCUT2D eigenvalue weighted by atomic mass is 9.92. The van der Waals surface area contributed by atoms with Gasteiger partial charge >= 0.3 is 0 Å². The number of anilines is 1. The zero-order valence-electron chi connectivity index (χ0n) is 20.4. The van der Waals surface area contributed by atoms with Crippen LogP contribution in [0.1, 0.15) is 47.7 Å². The number of ether oxygens (including phenoxy) is 1. The number of para-hydroxylation sites is 1. The summed E-state index contributed by atoms with van der Waals surface area (Å²) in [7, 11) is 1.56. The summed E-state index contributed by atoms with van der Waals surface area (Å²) in [5.74, 6) is -1.63. The lowest BCUT2D eigenvalue weighted by Gasteiger charge is -2.23. The van der Waals surface area contributed by atoms with E-state index in [2.05, 4.69) is 20.9 Å². The van der Waals surface area contributed by atoms with E-state index in [1.165, 1.54) is 0 Å². The van der Waals surface area contributed by atoms with Crippen molar-refractivity contribution in [2.24, 2.45) is 11.7 Å². The van der Waals surface area contributed by atoms with Gasteiger partial charge in [-0.1, -0.05) is 37.1 Å². The molecule has 37 heavy (non-hydrogen) atoms. The average molecular weight is 504 g/mol. The Morgan fingerprint density at radius 2 is 1.84 bits per heavy atom. The lowest BCUT2D eigenvalue weighted by molar-refractivity contribution is -0.129. The third-order valence-corrected chi connectivity index (χ3v) is 7.02. The number of methoxy groups -OCH3 is 1. The summed E-state index contributed by atoms with van der Waals surface area (Å²) in [6, 6.07) is 12.4. The average Bonchev–Trinajstić information content (AvgIpc) is 3.49. The van der Waals surface area contributed by atoms with E-state index in [1.54, 1.807) is 25.3 Å². The Hall–Kier alpha value is -4.34. The van der Waals surface area contributed by atoms with Crippen molar-refractivity contribution in [3.05, 3.63) is 59.8 Å². The van der Waals surface area contributed by atoms with Crippen molar-refractivity contribution in [3.63, 3.8) is 0 Å². The molecule has 6 N–H and O–H groups in total. The minimum atomic E-state index is -1.08. The highest BCUT2D eigenvalue weighted by molar-refractivity contribution is 6.04. The first-order valence-electron chi connectivity index (χ1n) is 12.3. The van der Waals surface area contributed by atoms with Gasteiger partial charge in [0.05, 0.1) is 13.0 Å². The summed E-state index contributed by atoms with van der Waals surface area (Å²) in [5, 5.41) is 9.05. The SMILES string of the molecule is COc1cccc2[nH]c(C(=O)NC(CC3CC3)C(=O)NC(CC3C(=O)Nc4ccccc43)C(N)=O)cc12. The van der Waals surface area contributed by atoms with Crippen LogP contribution in [-0.2, 0) is 14.4 Å². The second-order valence-electron chi connectivity index (χ2n) is 9.64. The first-order valence-corrected chi connectivity index (χ1v) is 12.3. The van der Waals surface area contributed by atoms with Crippen molar-refractivity contribution in [2.45, 2.75) is 43.7 Å². The van der Waals surface area contributed by atoms with Crippen molar-refractivity contribution >= 4 is 40.2 Å². The molecule has 10 heteroatoms. The number of H-pyrrole nitrogens is 1. The first kappa shape index (κ1) is 24.4. The van der Waals surface area contributed by atoms with Crippen molar-refractivity contribution in [1.29, 1.82) is 0 Å². The summed E-state index contributed by atoms with van der Waals surface area (Å²) in [5.41, 5.74) is 8.08. The van der Waals surface area contributed by atoms with Crippen LogP contribution >= 0.6 is 0 Å². The van der Waals surface area contributed by atoms with E-state index in [0.29, 0.717) is 29.5 Å². The number of hydrogen-bond donors (Lipinski definition) is 5. The van der Waals surface area contributed by atoms with Crippen LogP contribution in [0.2, 0.25) is 0 Å². The summed E-state index contributed by atoms with van der Waals surface area (Å²) in [4.78, 5) is 54.3. The van der Waals surface area contributed by atoms with Gasteiger partial charge in [-0.3, -0.25) is 19.2 Å². The van der Waals surface area contributed by atoms with Crippen LogP contribution in [0, 0.1) is 5.92 Å². The van der Waals surface area contributed by atoms with Crippen LogP contribution in [0.15, 0.2) is 48.5 Å². The van der Waals surface area contributed by atoms with Gasteiger partial charge < -0.3 is 31.4 Å². The van der Waals surface area contributed by atoms with Crippen LogP contribution in [0.5, 0.6) is 5.75 Å². The van der Waals surface area contributed by atoms with Gasteiger partial charge in [0.15, 0.2) is 0 Å². The molecule has 10 nitrogen and oxygen atoms in total. The molecule has 192 valence electrons. The minimum Gasteiger partial charge on any atom is -0.496 e. The largest absolute Gasteiger partial charge is 0.496 e. The van der Waals surface area contributed by atoms with Gasteiger partial charge in [-0.2, -0.15) is 0 Å². The fraction of sp³-hybridized carbons (Fsp3) is 0.333. The molecule has 0 radical (unpaired) electrons. The molecule has 1 aromatic heterocycles. The molecule has 3 unspecified atom stereocenters. The van der Waals surface area contributed by atoms with E-state index < -0.39 is 35.7 Å². The second-order valence-corrected chi connectivity index (χ2v) is 9.64. The molecule has 2 aromatic carbocycles. The Morgan fingerprint density at radius 3 is 2.57 bits per heavy atom. The second kappa shape index (κ2) is 9.96. The van der Waals surface area contributed by atoms with Crippen LogP contribution in [0.3, 0.4) is 0 Å². The molecule has 4 amide bonds. The highest BCUT2D eigenvalue weighted by Gasteiger charge is 2.37. The molecule has 1 aliphatic heterocycles. The summed E-state index contributed by atoms with van der Waals surface area (Å²) in [6.45, 7) is 0. The number of primary amides is 1. The lowest BCUT2D eigenvalue weighted by Crippen LogP contribution is -2.53. The Balaban J connectivity index is 1.31. The minimum absolute atomic E-state index is 0.0236. The predicted octanol–water partition coefficient (Wildman–Crippen LogP) is 2.17. The number of aromatic amines is 1. The number of benzene rings is 2. The summed E-state index contributed by atoms with van der Waals surface area (Å²) >= 11 is 0. The highest BCUT2D eigenvalue weighted by atomic mass is 16.5. The standard InChI is InChI=1S/C27H29N5O5/c1-37-23-8-4-7-19-17(23)13-22(29-19)27(36)32-21(11-14-9-10-14)26(35)31-20(24(28)33)12-16-15-5-2-3-6-18(15)30-25(16)34/h2-8,13-14,16,20-21,29H,9-12H2,1H3,(H2,28,33)(H,30,34)(H,31,35)(H,32,36). The van der Waals surface area contributed by atoms with Crippen LogP contribution < -0.4 is 26.4 Å². The highest BCUT2D eigenvalue weighted by Crippen LogP contribution is 2.36. The Morgan fingerprint density at radius 1 is 1.05 bits per heavy atom. The number of nitrogens with one attached hydrogen (secondary N) is 4. The van der Waals surface area contributed by atoms with Gasteiger partial charge in [-0.15, -0.1) is 0 Å². The maximum absolute atomic E-state index is 13.3. The van der Waals surface area contributed by atoms with Gasteiger partial charge in [0.1, 0.15) is 23.5 Å². The number of carbonyl (C=O) groups excluding carboxylic acids is 4. The number of rotatable bonds is 10. The van der Waals surface area contributed by atoms with Crippen LogP contribution in [0.25, 0.3) is 10.9 Å². The van der Waals surface area contributed by atoms with Crippen LogP contribution in [0.4, 0.5) is 5.69 Å². The quantitative estimate of drug-likeness (QED) is 0.287. The van der Waals surface area contributed by atoms with E-state index in [1.807, 2.05) is 30.3 Å². The molecular formula is C27H29N5O5. The zero-order chi connectivity index (χ0) is 26.1. The number of aromatic nitrogens is 1. The number of carbonyl (C=O) groups is 4. The Labute approximate surface area is 213 Å². The molecule has 5 rings (SSSR count). The molecule has 2 aliphatic rings. The predicted molar refractivity (Wildman–Crippen MR) is 137 cm³/mol. The van der Waals surface area contributed by atoms with Crippen LogP contribution in [-0.4, -0.2) is 47.8 Å². The smallest absolute Gasteiger partial charge is 0.268 e. The van der Waals surface area contributed by atoms with Gasteiger partial charge in [-0.05, 0) is 48.6 Å². The molecule has 0 bridgehead atoms. The Kier molecular flexibility index (Phi) is 6.56. The van der Waals surface area contributed by atoms with E-state index in [9.17, 15) is 19.2 Å². The maximum Gasteiger partial charge on any atom is 0.268 e. The molecule has 1 fully saturated rings. The summed E-state index contributed by atoms with van der Waals surface area (Å²) in [6.07, 6.45) is 2.41. The maximum atomic E-state index is 13.3. The number of amides is 4. The van der Waals surface area contributed by atoms with Crippen molar-refractivity contribution < 1.29 is 23.9 Å². The third-order valence-electron chi connectivity index (χ3n) is 7.02. The third kappa shape index (κ3) is 5.13. The van der Waals surface area contributed by atoms with Crippen molar-refractivity contribution in [2.75, 3.05) is 12.4 Å². The zero-order valence-corrected chi connectivity index (χ0v) is 20.4. The monoisotopic (exact) mass is 503 g/mol. The van der Waals surface area contributed by atoms with Gasteiger partial charge in [-0.25, -0.2) is 0 Å². The first-order chi connectivity index (χ1) is 17.8. The summed E-state index contributed by atoms with van der Waals surface area (Å²) < 4.78 is 5.36. The number of hydrogen-bond acceptors (Lipinski definition) is 5. The fourth-order valence-electron chi connectivity index (χ4n) is 4.85. The normalized spacial score (nSPS) is 18.0. The van der Waals surface area contributed by atoms with Gasteiger partial charge in [0, 0.05) is 16.6 Å². The Bertz CT molecular complexity index is 1380. The van der Waals surface area contributed by atoms with E-state index >= 15 is 0 Å². The molecule has 3 aromatic rings. The molecule has 0 spiro atoms. The molecule has 3 atom stereocenters. The van der Waals surface area contributed by atoms with E-state index in [4.69, 9.17) is 10.5 Å². The van der Waals surface area contributed by atoms with E-state index in [-0.39, 0.29) is 12.3 Å². The number of nitrogens with two attached hydrogens (primary N) is 1. The van der Waals surface area contributed by atoms with E-state index in [0.717, 1.165) is 29.3 Å².